The smallest absolute Gasteiger partial charge is 0.341 e. The van der Waals surface area contributed by atoms with Gasteiger partial charge in [0.05, 0.1) is 11.1 Å². The van der Waals surface area contributed by atoms with Gasteiger partial charge in [-0.05, 0) is 25.1 Å². The van der Waals surface area contributed by atoms with E-state index in [9.17, 15) is 22.0 Å². The number of amides is 1. The van der Waals surface area contributed by atoms with Crippen LogP contribution in [-0.2, 0) is 23.4 Å². The van der Waals surface area contributed by atoms with E-state index in [1.165, 1.54) is 12.1 Å². The van der Waals surface area contributed by atoms with Crippen molar-refractivity contribution in [3.05, 3.63) is 47.3 Å². The van der Waals surface area contributed by atoms with Crippen LogP contribution in [0.1, 0.15) is 21.6 Å². The fourth-order valence-corrected chi connectivity index (χ4v) is 2.68. The molecule has 0 unspecified atom stereocenters. The number of aryl methyl sites for hydroxylation is 1. The van der Waals surface area contributed by atoms with Crippen molar-refractivity contribution in [3.63, 3.8) is 0 Å². The summed E-state index contributed by atoms with van der Waals surface area (Å²) in [5.74, 6) is -4.08. The average molecular weight is 343 g/mol. The van der Waals surface area contributed by atoms with Crippen molar-refractivity contribution in [1.29, 1.82) is 0 Å². The third-order valence-electron chi connectivity index (χ3n) is 3.44. The Kier molecular flexibility index (Phi) is 4.79. The molecule has 9 heteroatoms. The highest BCUT2D eigenvalue weighted by Gasteiger charge is 2.27. The van der Waals surface area contributed by atoms with Crippen molar-refractivity contribution in [2.75, 3.05) is 0 Å². The minimum Gasteiger partial charge on any atom is -0.348 e. The lowest BCUT2D eigenvalue weighted by Gasteiger charge is -2.07. The Bertz CT molecular complexity index is 832. The van der Waals surface area contributed by atoms with Crippen LogP contribution in [0.2, 0.25) is 0 Å². The number of sulfone groups is 1. The molecule has 2 rings (SSSR count). The van der Waals surface area contributed by atoms with E-state index in [1.807, 2.05) is 6.92 Å². The number of hydrogen-bond donors (Lipinski definition) is 1. The third kappa shape index (κ3) is 3.55. The zero-order valence-electron chi connectivity index (χ0n) is 12.5. The van der Waals surface area contributed by atoms with Gasteiger partial charge < -0.3 is 5.32 Å². The summed E-state index contributed by atoms with van der Waals surface area (Å²) in [4.78, 5) is 11.5. The van der Waals surface area contributed by atoms with Gasteiger partial charge >= 0.3 is 5.76 Å². The summed E-state index contributed by atoms with van der Waals surface area (Å²) >= 11 is 0. The molecule has 0 bridgehead atoms. The van der Waals surface area contributed by atoms with Crippen molar-refractivity contribution in [2.45, 2.75) is 24.1 Å². The van der Waals surface area contributed by atoms with E-state index in [0.717, 1.165) is 23.4 Å². The maximum atomic E-state index is 12.5. The van der Waals surface area contributed by atoms with Crippen LogP contribution in [0.25, 0.3) is 0 Å². The first-order chi connectivity index (χ1) is 10.7. The van der Waals surface area contributed by atoms with Gasteiger partial charge in [0.25, 0.3) is 5.91 Å². The molecule has 0 saturated heterocycles. The molecular formula is C14H15F2N3O3S. The van der Waals surface area contributed by atoms with Gasteiger partial charge in [0, 0.05) is 30.4 Å². The van der Waals surface area contributed by atoms with Crippen LogP contribution < -0.4 is 5.32 Å². The quantitative estimate of drug-likeness (QED) is 0.895. The molecule has 0 fully saturated rings. The highest BCUT2D eigenvalue weighted by molar-refractivity contribution is 7.91. The Morgan fingerprint density at radius 3 is 2.65 bits per heavy atom. The van der Waals surface area contributed by atoms with Crippen molar-refractivity contribution < 1.29 is 22.0 Å². The van der Waals surface area contributed by atoms with Crippen molar-refractivity contribution >= 4 is 15.7 Å². The van der Waals surface area contributed by atoms with E-state index in [0.29, 0.717) is 0 Å². The summed E-state index contributed by atoms with van der Waals surface area (Å²) in [5.41, 5.74) is 1.67. The standard InChI is InChI=1S/C14H15F2N3O3S/c1-9-11(8-18-19(9)2)7-17-13(20)10-4-3-5-12(6-10)23(21,22)14(15)16/h3-6,8,14H,7H2,1-2H3,(H,17,20). The van der Waals surface area contributed by atoms with Crippen LogP contribution in [0.15, 0.2) is 35.4 Å². The zero-order chi connectivity index (χ0) is 17.2. The lowest BCUT2D eigenvalue weighted by molar-refractivity contribution is 0.0950. The van der Waals surface area contributed by atoms with Gasteiger partial charge in [-0.15, -0.1) is 0 Å². The van der Waals surface area contributed by atoms with Crippen LogP contribution in [0.3, 0.4) is 0 Å². The average Bonchev–Trinajstić information content (AvgIpc) is 2.84. The molecule has 1 aromatic heterocycles. The molecule has 6 nitrogen and oxygen atoms in total. The number of alkyl halides is 2. The topological polar surface area (TPSA) is 81.1 Å². The molecule has 0 atom stereocenters. The Hall–Kier alpha value is -2.29. The highest BCUT2D eigenvalue weighted by Crippen LogP contribution is 2.19. The van der Waals surface area contributed by atoms with Crippen molar-refractivity contribution in [2.24, 2.45) is 7.05 Å². The maximum Gasteiger partial charge on any atom is 0.341 e. The van der Waals surface area contributed by atoms with Gasteiger partial charge in [0.15, 0.2) is 0 Å². The normalized spacial score (nSPS) is 11.7. The van der Waals surface area contributed by atoms with E-state index in [1.54, 1.807) is 17.9 Å². The molecule has 124 valence electrons. The number of nitrogens with zero attached hydrogens (tertiary/aromatic N) is 2. The number of benzene rings is 1. The minimum atomic E-state index is -4.73. The van der Waals surface area contributed by atoms with Gasteiger partial charge in [-0.2, -0.15) is 13.9 Å². The molecule has 1 N–H and O–H groups in total. The predicted molar refractivity (Wildman–Crippen MR) is 78.7 cm³/mol. The monoisotopic (exact) mass is 343 g/mol. The molecular weight excluding hydrogens is 328 g/mol. The Balaban J connectivity index is 2.16. The van der Waals surface area contributed by atoms with Crippen LogP contribution in [0.4, 0.5) is 8.78 Å². The summed E-state index contributed by atoms with van der Waals surface area (Å²) in [6, 6.07) is 4.58. The number of aromatic nitrogens is 2. The fourth-order valence-electron chi connectivity index (χ4n) is 1.91. The van der Waals surface area contributed by atoms with Gasteiger partial charge in [0.2, 0.25) is 9.84 Å². The van der Waals surface area contributed by atoms with Crippen LogP contribution in [0.5, 0.6) is 0 Å². The number of rotatable bonds is 5. The van der Waals surface area contributed by atoms with E-state index >= 15 is 0 Å². The first-order valence-electron chi connectivity index (χ1n) is 6.61. The molecule has 23 heavy (non-hydrogen) atoms. The first kappa shape index (κ1) is 17.1. The SMILES string of the molecule is Cc1c(CNC(=O)c2cccc(S(=O)(=O)C(F)F)c2)cnn1C. The molecule has 0 saturated carbocycles. The number of nitrogens with one attached hydrogen (secondary N) is 1. The Morgan fingerprint density at radius 1 is 1.39 bits per heavy atom. The van der Waals surface area contributed by atoms with E-state index in [-0.39, 0.29) is 12.1 Å². The lowest BCUT2D eigenvalue weighted by atomic mass is 10.2. The summed E-state index contributed by atoms with van der Waals surface area (Å²) in [6.45, 7) is 2.04. The second-order valence-electron chi connectivity index (χ2n) is 4.89. The molecule has 2 aromatic rings. The number of carbonyl (C=O) groups is 1. The number of halogens is 2. The first-order valence-corrected chi connectivity index (χ1v) is 8.16. The Morgan fingerprint density at radius 2 is 2.09 bits per heavy atom. The van der Waals surface area contributed by atoms with Crippen LogP contribution in [-0.4, -0.2) is 29.9 Å². The number of carbonyl (C=O) groups excluding carboxylic acids is 1. The summed E-state index contributed by atoms with van der Waals surface area (Å²) < 4.78 is 49.6. The largest absolute Gasteiger partial charge is 0.348 e. The van der Waals surface area contributed by atoms with E-state index in [4.69, 9.17) is 0 Å². The Labute approximate surface area is 132 Å². The molecule has 1 amide bonds. The molecule has 0 radical (unpaired) electrons. The minimum absolute atomic E-state index is 0.00623. The van der Waals surface area contributed by atoms with Gasteiger partial charge in [0.1, 0.15) is 0 Å². The molecule has 0 aliphatic rings. The van der Waals surface area contributed by atoms with Gasteiger partial charge in [-0.1, -0.05) is 6.07 Å². The molecule has 1 heterocycles. The van der Waals surface area contributed by atoms with Crippen molar-refractivity contribution in [1.82, 2.24) is 15.1 Å². The molecule has 1 aromatic carbocycles. The maximum absolute atomic E-state index is 12.5. The van der Waals surface area contributed by atoms with E-state index in [2.05, 4.69) is 10.4 Å². The van der Waals surface area contributed by atoms with E-state index < -0.39 is 26.4 Å². The summed E-state index contributed by atoms with van der Waals surface area (Å²) in [5, 5.41) is 6.64. The third-order valence-corrected chi connectivity index (χ3v) is 4.82. The van der Waals surface area contributed by atoms with Crippen LogP contribution >= 0.6 is 0 Å². The zero-order valence-corrected chi connectivity index (χ0v) is 13.3. The lowest BCUT2D eigenvalue weighted by Crippen LogP contribution is -2.23. The van der Waals surface area contributed by atoms with Crippen molar-refractivity contribution in [3.8, 4) is 0 Å². The molecule has 0 spiro atoms. The predicted octanol–water partition coefficient (Wildman–Crippen LogP) is 1.65. The molecule has 0 aliphatic carbocycles. The summed E-state index contributed by atoms with van der Waals surface area (Å²) in [7, 11) is -2.97. The molecule has 0 aliphatic heterocycles. The number of hydrogen-bond acceptors (Lipinski definition) is 4. The van der Waals surface area contributed by atoms with Gasteiger partial charge in [-0.25, -0.2) is 8.42 Å². The second-order valence-corrected chi connectivity index (χ2v) is 6.81. The van der Waals surface area contributed by atoms with Crippen LogP contribution in [0, 0.1) is 6.92 Å². The fraction of sp³-hybridized carbons (Fsp3) is 0.286. The second kappa shape index (κ2) is 6.45. The summed E-state index contributed by atoms with van der Waals surface area (Å²) in [6.07, 6.45) is 1.60. The van der Waals surface area contributed by atoms with Gasteiger partial charge in [-0.3, -0.25) is 9.48 Å². The highest BCUT2D eigenvalue weighted by atomic mass is 32.2.